The van der Waals surface area contributed by atoms with Crippen molar-refractivity contribution in [3.8, 4) is 0 Å². The second-order valence-electron chi connectivity index (χ2n) is 3.89. The van der Waals surface area contributed by atoms with Crippen LogP contribution in [0.5, 0.6) is 0 Å². The number of hydrogen-bond donors (Lipinski definition) is 1. The first-order chi connectivity index (χ1) is 8.70. The Labute approximate surface area is 109 Å². The van der Waals surface area contributed by atoms with Crippen molar-refractivity contribution in [2.45, 2.75) is 6.42 Å². The Balaban J connectivity index is 2.04. The summed E-state index contributed by atoms with van der Waals surface area (Å²) in [6.07, 6.45) is 2.87. The zero-order valence-corrected chi connectivity index (χ0v) is 11.0. The Morgan fingerprint density at radius 1 is 1.44 bits per heavy atom. The molecule has 96 valence electrons. The zero-order valence-electron chi connectivity index (χ0n) is 10.1. The number of rotatable bonds is 5. The van der Waals surface area contributed by atoms with Gasteiger partial charge in [0.05, 0.1) is 6.61 Å². The summed E-state index contributed by atoms with van der Waals surface area (Å²) in [6, 6.07) is 6.90. The molecule has 0 atom stereocenters. The van der Waals surface area contributed by atoms with Gasteiger partial charge in [-0.3, -0.25) is 0 Å². The number of ether oxygens (including phenoxy) is 1. The van der Waals surface area contributed by atoms with Gasteiger partial charge in [0.25, 0.3) is 0 Å². The molecule has 1 aromatic carbocycles. The summed E-state index contributed by atoms with van der Waals surface area (Å²) in [5.74, 6) is 0.773. The minimum absolute atomic E-state index is 0.222. The maximum absolute atomic E-state index is 11.7. The molecule has 2 aromatic rings. The van der Waals surface area contributed by atoms with E-state index in [-0.39, 0.29) is 5.76 Å². The van der Waals surface area contributed by atoms with E-state index in [2.05, 4.69) is 0 Å². The standard InChI is InChI=1S/C13H15NO3S/c1-18-6-2-5-16-13(15)12-8-9-7-10(14)3-4-11(9)17-12/h3-4,7-8H,2,5-6,14H2,1H3. The minimum Gasteiger partial charge on any atom is -0.460 e. The van der Waals surface area contributed by atoms with Crippen molar-refractivity contribution in [2.75, 3.05) is 24.3 Å². The molecule has 0 saturated carbocycles. The predicted octanol–water partition coefficient (Wildman–Crippen LogP) is 2.92. The van der Waals surface area contributed by atoms with E-state index in [4.69, 9.17) is 14.9 Å². The third kappa shape index (κ3) is 2.98. The van der Waals surface area contributed by atoms with Gasteiger partial charge in [0.15, 0.2) is 0 Å². The third-order valence-electron chi connectivity index (χ3n) is 2.47. The lowest BCUT2D eigenvalue weighted by Crippen LogP contribution is -2.05. The van der Waals surface area contributed by atoms with E-state index in [0.717, 1.165) is 17.6 Å². The van der Waals surface area contributed by atoms with Crippen LogP contribution in [0, 0.1) is 0 Å². The molecule has 0 aliphatic rings. The normalized spacial score (nSPS) is 10.7. The van der Waals surface area contributed by atoms with Crippen LogP contribution in [0.4, 0.5) is 5.69 Å². The lowest BCUT2D eigenvalue weighted by molar-refractivity contribution is 0.0472. The van der Waals surface area contributed by atoms with Gasteiger partial charge in [-0.1, -0.05) is 0 Å². The summed E-state index contributed by atoms with van der Waals surface area (Å²) in [6.45, 7) is 0.416. The molecular formula is C13H15NO3S. The summed E-state index contributed by atoms with van der Waals surface area (Å²) in [5, 5.41) is 0.811. The average molecular weight is 265 g/mol. The molecule has 18 heavy (non-hydrogen) atoms. The Kier molecular flexibility index (Phi) is 4.15. The van der Waals surface area contributed by atoms with Crippen LogP contribution in [0.1, 0.15) is 17.0 Å². The van der Waals surface area contributed by atoms with Gasteiger partial charge >= 0.3 is 5.97 Å². The van der Waals surface area contributed by atoms with E-state index in [1.807, 2.05) is 6.26 Å². The van der Waals surface area contributed by atoms with Gasteiger partial charge in [-0.15, -0.1) is 0 Å². The molecule has 4 nitrogen and oxygen atoms in total. The summed E-state index contributed by atoms with van der Waals surface area (Å²) in [7, 11) is 0. The number of carbonyl (C=O) groups excluding carboxylic acids is 1. The molecule has 0 bridgehead atoms. The van der Waals surface area contributed by atoms with Crippen molar-refractivity contribution in [1.82, 2.24) is 0 Å². The van der Waals surface area contributed by atoms with Crippen LogP contribution in [0.15, 0.2) is 28.7 Å². The first-order valence-electron chi connectivity index (χ1n) is 5.66. The molecule has 2 rings (SSSR count). The number of anilines is 1. The zero-order chi connectivity index (χ0) is 13.0. The topological polar surface area (TPSA) is 65.5 Å². The highest BCUT2D eigenvalue weighted by Gasteiger charge is 2.13. The molecule has 0 amide bonds. The number of carbonyl (C=O) groups is 1. The fourth-order valence-corrected chi connectivity index (χ4v) is 2.01. The van der Waals surface area contributed by atoms with E-state index < -0.39 is 5.97 Å². The molecular weight excluding hydrogens is 250 g/mol. The van der Waals surface area contributed by atoms with Crippen LogP contribution < -0.4 is 5.73 Å². The lowest BCUT2D eigenvalue weighted by Gasteiger charge is -2.00. The molecule has 1 heterocycles. The van der Waals surface area contributed by atoms with Crippen molar-refractivity contribution >= 4 is 34.4 Å². The first-order valence-corrected chi connectivity index (χ1v) is 7.05. The van der Waals surface area contributed by atoms with Crippen molar-refractivity contribution < 1.29 is 13.9 Å². The molecule has 1 aromatic heterocycles. The van der Waals surface area contributed by atoms with E-state index in [1.54, 1.807) is 36.0 Å². The maximum Gasteiger partial charge on any atom is 0.374 e. The van der Waals surface area contributed by atoms with Crippen molar-refractivity contribution in [2.24, 2.45) is 0 Å². The van der Waals surface area contributed by atoms with E-state index in [0.29, 0.717) is 17.9 Å². The highest BCUT2D eigenvalue weighted by molar-refractivity contribution is 7.98. The molecule has 0 aliphatic carbocycles. The molecule has 0 radical (unpaired) electrons. The first kappa shape index (κ1) is 12.8. The number of furan rings is 1. The summed E-state index contributed by atoms with van der Waals surface area (Å²) >= 11 is 1.73. The molecule has 0 aliphatic heterocycles. The van der Waals surface area contributed by atoms with Crippen LogP contribution in [-0.4, -0.2) is 24.6 Å². The van der Waals surface area contributed by atoms with E-state index >= 15 is 0 Å². The maximum atomic E-state index is 11.7. The third-order valence-corrected chi connectivity index (χ3v) is 3.16. The summed E-state index contributed by atoms with van der Waals surface area (Å²) < 4.78 is 10.5. The molecule has 0 fully saturated rings. The number of esters is 1. The fraction of sp³-hybridized carbons (Fsp3) is 0.308. The molecule has 0 spiro atoms. The van der Waals surface area contributed by atoms with Crippen molar-refractivity contribution in [1.29, 1.82) is 0 Å². The van der Waals surface area contributed by atoms with Gasteiger partial charge in [-0.25, -0.2) is 4.79 Å². The molecule has 0 unspecified atom stereocenters. The van der Waals surface area contributed by atoms with Crippen LogP contribution in [-0.2, 0) is 4.74 Å². The number of benzene rings is 1. The molecule has 2 N–H and O–H groups in total. The SMILES string of the molecule is CSCCCOC(=O)c1cc2cc(N)ccc2o1. The van der Waals surface area contributed by atoms with Crippen molar-refractivity contribution in [3.05, 3.63) is 30.0 Å². The predicted molar refractivity (Wildman–Crippen MR) is 73.9 cm³/mol. The van der Waals surface area contributed by atoms with Gasteiger partial charge in [0.2, 0.25) is 5.76 Å². The van der Waals surface area contributed by atoms with Gasteiger partial charge in [0, 0.05) is 11.1 Å². The Bertz CT molecular complexity index is 550. The van der Waals surface area contributed by atoms with E-state index in [1.165, 1.54) is 0 Å². The van der Waals surface area contributed by atoms with Crippen LogP contribution in [0.3, 0.4) is 0 Å². The lowest BCUT2D eigenvalue weighted by atomic mass is 10.2. The number of fused-ring (bicyclic) bond motifs is 1. The minimum atomic E-state index is -0.425. The summed E-state index contributed by atoms with van der Waals surface area (Å²) in [4.78, 5) is 11.7. The number of nitrogens with two attached hydrogens (primary N) is 1. The van der Waals surface area contributed by atoms with Gasteiger partial charge in [-0.05, 0) is 42.7 Å². The highest BCUT2D eigenvalue weighted by Crippen LogP contribution is 2.22. The van der Waals surface area contributed by atoms with E-state index in [9.17, 15) is 4.79 Å². The average Bonchev–Trinajstić information content (AvgIpc) is 2.77. The monoisotopic (exact) mass is 265 g/mol. The quantitative estimate of drug-likeness (QED) is 0.511. The van der Waals surface area contributed by atoms with Crippen LogP contribution >= 0.6 is 11.8 Å². The largest absolute Gasteiger partial charge is 0.460 e. The fourth-order valence-electron chi connectivity index (χ4n) is 1.60. The van der Waals surface area contributed by atoms with Gasteiger partial charge in [0.1, 0.15) is 5.58 Å². The Morgan fingerprint density at radius 3 is 3.06 bits per heavy atom. The van der Waals surface area contributed by atoms with Crippen LogP contribution in [0.2, 0.25) is 0 Å². The number of nitrogen functional groups attached to an aromatic ring is 1. The Hall–Kier alpha value is -1.62. The van der Waals surface area contributed by atoms with Crippen molar-refractivity contribution in [3.63, 3.8) is 0 Å². The number of hydrogen-bond acceptors (Lipinski definition) is 5. The second kappa shape index (κ2) is 5.82. The smallest absolute Gasteiger partial charge is 0.374 e. The van der Waals surface area contributed by atoms with Gasteiger partial charge in [-0.2, -0.15) is 11.8 Å². The molecule has 0 saturated heterocycles. The Morgan fingerprint density at radius 2 is 2.28 bits per heavy atom. The number of thioether (sulfide) groups is 1. The highest BCUT2D eigenvalue weighted by atomic mass is 32.2. The molecule has 5 heteroatoms. The summed E-state index contributed by atoms with van der Waals surface area (Å²) in [5.41, 5.74) is 6.94. The second-order valence-corrected chi connectivity index (χ2v) is 4.88. The van der Waals surface area contributed by atoms with Crippen LogP contribution in [0.25, 0.3) is 11.0 Å². The van der Waals surface area contributed by atoms with Gasteiger partial charge < -0.3 is 14.9 Å².